The third-order valence-electron chi connectivity index (χ3n) is 3.05. The number of phenols is 1. The molecule has 2 aromatic carbocycles. The number of aryl methyl sites for hydroxylation is 1. The van der Waals surface area contributed by atoms with E-state index in [0.29, 0.717) is 5.69 Å². The fourth-order valence-electron chi connectivity index (χ4n) is 1.83. The molecule has 0 heterocycles. The van der Waals surface area contributed by atoms with Crippen molar-refractivity contribution in [3.8, 4) is 5.75 Å². The number of nitrogens with zero attached hydrogens (tertiary/aromatic N) is 2. The highest BCUT2D eigenvalue weighted by Gasteiger charge is 2.13. The normalized spacial score (nSPS) is 10.6. The Bertz CT molecular complexity index is 823. The van der Waals surface area contributed by atoms with Crippen LogP contribution in [0.25, 0.3) is 0 Å². The van der Waals surface area contributed by atoms with Crippen molar-refractivity contribution >= 4 is 39.6 Å². The topological polar surface area (TPSA) is 117 Å². The fourth-order valence-corrected chi connectivity index (χ4v) is 2.30. The van der Waals surface area contributed by atoms with Crippen LogP contribution in [0.2, 0.25) is 0 Å². The maximum absolute atomic E-state index is 11.8. The van der Waals surface area contributed by atoms with Gasteiger partial charge in [-0.15, -0.1) is 0 Å². The van der Waals surface area contributed by atoms with Gasteiger partial charge in [0.05, 0.1) is 15.6 Å². The Labute approximate surface area is 145 Å². The summed E-state index contributed by atoms with van der Waals surface area (Å²) in [6, 6.07) is 8.95. The Hall–Kier alpha value is -2.94. The molecule has 124 valence electrons. The third kappa shape index (κ3) is 4.29. The van der Waals surface area contributed by atoms with E-state index in [4.69, 9.17) is 0 Å². The van der Waals surface area contributed by atoms with Crippen LogP contribution in [0, 0.1) is 17.0 Å². The van der Waals surface area contributed by atoms with E-state index >= 15 is 0 Å². The molecular formula is C15H13BrN4O4. The van der Waals surface area contributed by atoms with Gasteiger partial charge in [0.1, 0.15) is 5.75 Å². The molecular weight excluding hydrogens is 380 g/mol. The number of non-ortho nitro benzene ring substituents is 1. The quantitative estimate of drug-likeness (QED) is 0.419. The second-order valence-electron chi connectivity index (χ2n) is 4.76. The number of urea groups is 1. The highest BCUT2D eigenvalue weighted by Crippen LogP contribution is 2.31. The molecule has 24 heavy (non-hydrogen) atoms. The summed E-state index contributed by atoms with van der Waals surface area (Å²) >= 11 is 3.02. The van der Waals surface area contributed by atoms with Crippen molar-refractivity contribution < 1.29 is 14.8 Å². The lowest BCUT2D eigenvalue weighted by Gasteiger charge is -2.07. The lowest BCUT2D eigenvalue weighted by atomic mass is 10.2. The van der Waals surface area contributed by atoms with Gasteiger partial charge in [0, 0.05) is 23.4 Å². The van der Waals surface area contributed by atoms with Crippen molar-refractivity contribution in [2.45, 2.75) is 6.92 Å². The van der Waals surface area contributed by atoms with Crippen LogP contribution in [0.4, 0.5) is 16.2 Å². The summed E-state index contributed by atoms with van der Waals surface area (Å²) in [5, 5.41) is 27.0. The third-order valence-corrected chi connectivity index (χ3v) is 3.66. The van der Waals surface area contributed by atoms with Crippen LogP contribution in [0.15, 0.2) is 46.0 Å². The van der Waals surface area contributed by atoms with Crippen LogP contribution in [0.5, 0.6) is 5.75 Å². The number of anilines is 1. The minimum Gasteiger partial charge on any atom is -0.506 e. The number of para-hydroxylation sites is 1. The van der Waals surface area contributed by atoms with E-state index in [1.165, 1.54) is 6.07 Å². The number of amides is 2. The van der Waals surface area contributed by atoms with Crippen molar-refractivity contribution in [3.05, 3.63) is 62.1 Å². The van der Waals surface area contributed by atoms with Crippen LogP contribution in [0.3, 0.4) is 0 Å². The van der Waals surface area contributed by atoms with Gasteiger partial charge in [0.25, 0.3) is 5.69 Å². The largest absolute Gasteiger partial charge is 0.506 e. The van der Waals surface area contributed by atoms with E-state index in [-0.39, 0.29) is 21.5 Å². The Morgan fingerprint density at radius 3 is 2.75 bits per heavy atom. The lowest BCUT2D eigenvalue weighted by molar-refractivity contribution is -0.385. The molecule has 0 fully saturated rings. The second kappa shape index (κ2) is 7.55. The Morgan fingerprint density at radius 2 is 2.08 bits per heavy atom. The zero-order valence-electron chi connectivity index (χ0n) is 12.5. The number of halogens is 1. The zero-order chi connectivity index (χ0) is 17.7. The molecule has 0 spiro atoms. The molecule has 2 rings (SSSR count). The number of hydrogen-bond acceptors (Lipinski definition) is 5. The number of nitro benzene ring substituents is 1. The molecule has 0 aliphatic rings. The molecule has 0 atom stereocenters. The smallest absolute Gasteiger partial charge is 0.339 e. The standard InChI is InChI=1S/C15H13BrN4O4/c1-9-4-2-3-5-13(9)18-15(22)19-17-8-10-6-11(20(23)24)7-12(16)14(10)21/h2-8,21H,1H3,(H2,18,19,22). The van der Waals surface area contributed by atoms with Gasteiger partial charge in [-0.05, 0) is 34.5 Å². The van der Waals surface area contributed by atoms with Crippen molar-refractivity contribution in [1.82, 2.24) is 5.43 Å². The minimum atomic E-state index is -0.597. The van der Waals surface area contributed by atoms with Crippen molar-refractivity contribution in [1.29, 1.82) is 0 Å². The summed E-state index contributed by atoms with van der Waals surface area (Å²) in [5.74, 6) is -0.217. The van der Waals surface area contributed by atoms with Gasteiger partial charge < -0.3 is 10.4 Å². The molecule has 0 unspecified atom stereocenters. The summed E-state index contributed by atoms with van der Waals surface area (Å²) in [6.07, 6.45) is 1.12. The second-order valence-corrected chi connectivity index (χ2v) is 5.62. The van der Waals surface area contributed by atoms with E-state index in [9.17, 15) is 20.0 Å². The maximum Gasteiger partial charge on any atom is 0.339 e. The first kappa shape index (κ1) is 17.4. The van der Waals surface area contributed by atoms with Crippen LogP contribution in [-0.2, 0) is 0 Å². The number of hydrazone groups is 1. The van der Waals surface area contributed by atoms with Gasteiger partial charge >= 0.3 is 6.03 Å². The first-order valence-electron chi connectivity index (χ1n) is 6.71. The fraction of sp³-hybridized carbons (Fsp3) is 0.0667. The van der Waals surface area contributed by atoms with E-state index in [1.807, 2.05) is 19.1 Å². The first-order chi connectivity index (χ1) is 11.4. The summed E-state index contributed by atoms with van der Waals surface area (Å²) in [7, 11) is 0. The number of nitrogens with one attached hydrogen (secondary N) is 2. The molecule has 0 saturated carbocycles. The number of benzene rings is 2. The number of aromatic hydroxyl groups is 1. The summed E-state index contributed by atoms with van der Waals surface area (Å²) < 4.78 is 0.155. The average molecular weight is 393 g/mol. The van der Waals surface area contributed by atoms with Gasteiger partial charge in [-0.2, -0.15) is 5.10 Å². The highest BCUT2D eigenvalue weighted by molar-refractivity contribution is 9.10. The van der Waals surface area contributed by atoms with Gasteiger partial charge in [-0.25, -0.2) is 10.2 Å². The molecule has 2 amide bonds. The van der Waals surface area contributed by atoms with Crippen molar-refractivity contribution in [2.24, 2.45) is 5.10 Å². The van der Waals surface area contributed by atoms with Gasteiger partial charge in [-0.3, -0.25) is 10.1 Å². The average Bonchev–Trinajstić information content (AvgIpc) is 2.53. The number of carbonyl (C=O) groups excluding carboxylic acids is 1. The predicted octanol–water partition coefficient (Wildman–Crippen LogP) is 3.53. The SMILES string of the molecule is Cc1ccccc1NC(=O)NN=Cc1cc([N+](=O)[O-])cc(Br)c1O. The minimum absolute atomic E-state index is 0.0901. The maximum atomic E-state index is 11.8. The van der Waals surface area contributed by atoms with E-state index in [2.05, 4.69) is 31.8 Å². The Kier molecular flexibility index (Phi) is 5.48. The molecule has 0 aromatic heterocycles. The highest BCUT2D eigenvalue weighted by atomic mass is 79.9. The molecule has 8 nitrogen and oxygen atoms in total. The van der Waals surface area contributed by atoms with Crippen molar-refractivity contribution in [3.63, 3.8) is 0 Å². The predicted molar refractivity (Wildman–Crippen MR) is 93.4 cm³/mol. The van der Waals surface area contributed by atoms with Gasteiger partial charge in [0.2, 0.25) is 0 Å². The Morgan fingerprint density at radius 1 is 1.38 bits per heavy atom. The van der Waals surface area contributed by atoms with Crippen LogP contribution >= 0.6 is 15.9 Å². The van der Waals surface area contributed by atoms with E-state index in [0.717, 1.165) is 17.8 Å². The first-order valence-corrected chi connectivity index (χ1v) is 7.50. The molecule has 0 bridgehead atoms. The van der Waals surface area contributed by atoms with E-state index in [1.54, 1.807) is 12.1 Å². The van der Waals surface area contributed by atoms with Crippen LogP contribution in [0.1, 0.15) is 11.1 Å². The number of hydrogen-bond donors (Lipinski definition) is 3. The number of rotatable bonds is 4. The number of carbonyl (C=O) groups is 1. The molecule has 0 aliphatic heterocycles. The number of nitro groups is 1. The molecule has 0 radical (unpaired) electrons. The number of phenolic OH excluding ortho intramolecular Hbond substituents is 1. The van der Waals surface area contributed by atoms with Gasteiger partial charge in [-0.1, -0.05) is 18.2 Å². The lowest BCUT2D eigenvalue weighted by Crippen LogP contribution is -2.24. The summed E-state index contributed by atoms with van der Waals surface area (Å²) in [5.41, 5.74) is 3.61. The monoisotopic (exact) mass is 392 g/mol. The molecule has 2 aromatic rings. The molecule has 3 N–H and O–H groups in total. The van der Waals surface area contributed by atoms with E-state index < -0.39 is 11.0 Å². The molecule has 0 aliphatic carbocycles. The summed E-state index contributed by atoms with van der Waals surface area (Å²) in [6.45, 7) is 1.84. The van der Waals surface area contributed by atoms with Crippen LogP contribution in [-0.4, -0.2) is 22.3 Å². The molecule has 0 saturated heterocycles. The van der Waals surface area contributed by atoms with Crippen LogP contribution < -0.4 is 10.7 Å². The Balaban J connectivity index is 2.07. The van der Waals surface area contributed by atoms with Gasteiger partial charge in [0.15, 0.2) is 0 Å². The summed E-state index contributed by atoms with van der Waals surface area (Å²) in [4.78, 5) is 22.0. The zero-order valence-corrected chi connectivity index (χ0v) is 14.1. The molecule has 9 heteroatoms. The van der Waals surface area contributed by atoms with Crippen molar-refractivity contribution in [2.75, 3.05) is 5.32 Å².